The van der Waals surface area contributed by atoms with Crippen LogP contribution in [-0.4, -0.2) is 58.8 Å². The molecule has 0 saturated carbocycles. The molecule has 30 heavy (non-hydrogen) atoms. The van der Waals surface area contributed by atoms with Gasteiger partial charge in [-0.3, -0.25) is 5.41 Å². The lowest BCUT2D eigenvalue weighted by atomic mass is 10.1. The number of carbonyl (C=O) groups is 3. The van der Waals surface area contributed by atoms with Gasteiger partial charge >= 0.3 is 18.0 Å². The van der Waals surface area contributed by atoms with E-state index < -0.39 is 30.0 Å². The van der Waals surface area contributed by atoms with Crippen molar-refractivity contribution in [1.29, 1.82) is 5.41 Å². The van der Waals surface area contributed by atoms with E-state index in [-0.39, 0.29) is 19.4 Å². The number of carboxylic acid groups (broad SMARTS) is 1. The number of amides is 1. The highest BCUT2D eigenvalue weighted by molar-refractivity contribution is 5.94. The molecule has 1 aromatic carbocycles. The van der Waals surface area contributed by atoms with Crippen LogP contribution in [0, 0.1) is 5.41 Å². The van der Waals surface area contributed by atoms with Crippen molar-refractivity contribution in [2.45, 2.75) is 58.4 Å². The Morgan fingerprint density at radius 1 is 1.13 bits per heavy atom. The average molecular weight is 421 g/mol. The number of guanidine groups is 1. The smallest absolute Gasteiger partial charge is 0.451 e. The predicted octanol–water partition coefficient (Wildman–Crippen LogP) is 3.44. The summed E-state index contributed by atoms with van der Waals surface area (Å²) < 4.78 is 5.06. The first-order chi connectivity index (χ1) is 14.3. The van der Waals surface area contributed by atoms with Crippen LogP contribution in [0.25, 0.3) is 0 Å². The van der Waals surface area contributed by atoms with Crippen molar-refractivity contribution in [3.8, 4) is 0 Å². The zero-order valence-corrected chi connectivity index (χ0v) is 17.8. The Kier molecular flexibility index (Phi) is 11.0. The number of hydrogen-bond donors (Lipinski definition) is 2. The van der Waals surface area contributed by atoms with E-state index >= 15 is 0 Å². The number of hydrogen-bond acceptors (Lipinski definition) is 6. The Balaban J connectivity index is 2.78. The number of nitrogens with zero attached hydrogens (tertiary/aromatic N) is 2. The normalized spacial score (nSPS) is 11.3. The van der Waals surface area contributed by atoms with E-state index in [9.17, 15) is 19.5 Å². The van der Waals surface area contributed by atoms with Gasteiger partial charge in [0.25, 0.3) is 0 Å². The molecule has 0 bridgehead atoms. The number of ether oxygens (including phenoxy) is 1. The average Bonchev–Trinajstić information content (AvgIpc) is 2.72. The zero-order chi connectivity index (χ0) is 22.5. The molecule has 0 heterocycles. The summed E-state index contributed by atoms with van der Waals surface area (Å²) in [6, 6.07) is 8.56. The first-order valence-electron chi connectivity index (χ1n) is 10.1. The van der Waals surface area contributed by atoms with Crippen molar-refractivity contribution in [2.75, 3.05) is 13.7 Å². The van der Waals surface area contributed by atoms with Crippen LogP contribution >= 0.6 is 0 Å². The summed E-state index contributed by atoms with van der Waals surface area (Å²) in [6.07, 6.45) is 1.75. The van der Waals surface area contributed by atoms with Gasteiger partial charge in [0.2, 0.25) is 5.96 Å². The second-order valence-corrected chi connectivity index (χ2v) is 6.76. The topological polar surface area (TPSA) is 120 Å². The number of rotatable bonds is 10. The number of unbranched alkanes of at least 4 members (excludes halogenated alkanes) is 1. The Labute approximate surface area is 177 Å². The van der Waals surface area contributed by atoms with Crippen molar-refractivity contribution in [3.05, 3.63) is 35.9 Å². The van der Waals surface area contributed by atoms with Crippen LogP contribution in [0.3, 0.4) is 0 Å². The quantitative estimate of drug-likeness (QED) is 0.257. The molecule has 1 unspecified atom stereocenters. The van der Waals surface area contributed by atoms with Crippen LogP contribution < -0.4 is 0 Å². The zero-order valence-electron chi connectivity index (χ0n) is 17.8. The minimum absolute atomic E-state index is 0.0285. The number of aryl methyl sites for hydroxylation is 1. The first kappa shape index (κ1) is 24.9. The minimum atomic E-state index is -1.15. The van der Waals surface area contributed by atoms with E-state index in [2.05, 4.69) is 0 Å². The summed E-state index contributed by atoms with van der Waals surface area (Å²) in [5.41, 5.74) is 1.07. The van der Waals surface area contributed by atoms with E-state index in [0.29, 0.717) is 24.3 Å². The minimum Gasteiger partial charge on any atom is -0.480 e. The maximum Gasteiger partial charge on any atom is 0.451 e. The summed E-state index contributed by atoms with van der Waals surface area (Å²) in [7, 11) is 1.35. The predicted molar refractivity (Wildman–Crippen MR) is 111 cm³/mol. The molecule has 0 aromatic heterocycles. The number of benzene rings is 1. The van der Waals surface area contributed by atoms with E-state index in [1.165, 1.54) is 7.05 Å². The second kappa shape index (κ2) is 13.2. The number of hydroxylamine groups is 2. The molecule has 2 N–H and O–H groups in total. The van der Waals surface area contributed by atoms with Crippen molar-refractivity contribution in [3.63, 3.8) is 0 Å². The van der Waals surface area contributed by atoms with Gasteiger partial charge < -0.3 is 19.6 Å². The number of carbonyl (C=O) groups excluding carboxylic acids is 2. The van der Waals surface area contributed by atoms with Crippen LogP contribution in [0.2, 0.25) is 0 Å². The SMILES string of the molecule is CCCCOC(=O)N(OC(=O)CCCc1ccccc1)C(=N)N(C)C(CC)C(=O)O. The standard InChI is InChI=1S/C21H31N3O6/c1-4-6-15-29-21(28)24(20(22)23(3)17(5-2)19(26)27)30-18(25)14-10-13-16-11-8-7-9-12-16/h7-9,11-12,17,22H,4-6,10,13-15H2,1-3H3,(H,26,27). The summed E-state index contributed by atoms with van der Waals surface area (Å²) in [5, 5.41) is 17.9. The fourth-order valence-electron chi connectivity index (χ4n) is 2.66. The fraction of sp³-hybridized carbons (Fsp3) is 0.524. The first-order valence-corrected chi connectivity index (χ1v) is 10.1. The van der Waals surface area contributed by atoms with Gasteiger partial charge in [-0.25, -0.2) is 14.4 Å². The highest BCUT2D eigenvalue weighted by Crippen LogP contribution is 2.11. The fourth-order valence-corrected chi connectivity index (χ4v) is 2.66. The molecule has 0 saturated heterocycles. The van der Waals surface area contributed by atoms with Crippen LogP contribution in [0.4, 0.5) is 4.79 Å². The number of likely N-dealkylation sites (N-methyl/N-ethyl adjacent to an activating group) is 1. The monoisotopic (exact) mass is 421 g/mol. The maximum absolute atomic E-state index is 12.4. The third-order valence-corrected chi connectivity index (χ3v) is 4.44. The summed E-state index contributed by atoms with van der Waals surface area (Å²) in [5.74, 6) is -2.44. The van der Waals surface area contributed by atoms with Crippen LogP contribution in [0.5, 0.6) is 0 Å². The van der Waals surface area contributed by atoms with Crippen molar-refractivity contribution >= 4 is 24.0 Å². The molecule has 9 heteroatoms. The van der Waals surface area contributed by atoms with Gasteiger partial charge in [-0.2, -0.15) is 0 Å². The van der Waals surface area contributed by atoms with Crippen molar-refractivity contribution < 1.29 is 29.1 Å². The second-order valence-electron chi connectivity index (χ2n) is 6.76. The molecule has 1 atom stereocenters. The van der Waals surface area contributed by atoms with Gasteiger partial charge in [-0.1, -0.05) is 55.7 Å². The molecule has 0 spiro atoms. The molecular weight excluding hydrogens is 390 g/mol. The molecule has 0 radical (unpaired) electrons. The Bertz CT molecular complexity index is 710. The summed E-state index contributed by atoms with van der Waals surface area (Å²) in [6.45, 7) is 3.67. The Morgan fingerprint density at radius 2 is 1.80 bits per heavy atom. The Hall–Kier alpha value is -3.10. The number of carboxylic acids is 1. The highest BCUT2D eigenvalue weighted by atomic mass is 16.8. The molecule has 1 rings (SSSR count). The molecule has 1 aromatic rings. The van der Waals surface area contributed by atoms with Crippen molar-refractivity contribution in [1.82, 2.24) is 9.96 Å². The van der Waals surface area contributed by atoms with Crippen LogP contribution in [-0.2, 0) is 25.6 Å². The molecule has 0 aliphatic rings. The van der Waals surface area contributed by atoms with Gasteiger partial charge in [0.05, 0.1) is 6.61 Å². The van der Waals surface area contributed by atoms with Gasteiger partial charge in [0.1, 0.15) is 6.04 Å². The molecular formula is C21H31N3O6. The summed E-state index contributed by atoms with van der Waals surface area (Å²) >= 11 is 0. The number of nitrogens with one attached hydrogen (secondary N) is 1. The van der Waals surface area contributed by atoms with Crippen LogP contribution in [0.15, 0.2) is 30.3 Å². The molecule has 0 fully saturated rings. The molecule has 9 nitrogen and oxygen atoms in total. The van der Waals surface area contributed by atoms with E-state index in [4.69, 9.17) is 15.0 Å². The van der Waals surface area contributed by atoms with E-state index in [1.807, 2.05) is 37.3 Å². The Morgan fingerprint density at radius 3 is 2.37 bits per heavy atom. The lowest BCUT2D eigenvalue weighted by Crippen LogP contribution is -2.51. The van der Waals surface area contributed by atoms with Gasteiger partial charge in [-0.15, -0.1) is 0 Å². The molecule has 1 amide bonds. The number of aliphatic carboxylic acids is 1. The van der Waals surface area contributed by atoms with Crippen LogP contribution in [0.1, 0.15) is 51.5 Å². The largest absolute Gasteiger partial charge is 0.480 e. The lowest BCUT2D eigenvalue weighted by Gasteiger charge is -2.30. The van der Waals surface area contributed by atoms with Gasteiger partial charge in [0.15, 0.2) is 0 Å². The molecule has 166 valence electrons. The third kappa shape index (κ3) is 8.10. The molecule has 0 aliphatic carbocycles. The van der Waals surface area contributed by atoms with E-state index in [1.54, 1.807) is 6.92 Å². The van der Waals surface area contributed by atoms with E-state index in [0.717, 1.165) is 16.9 Å². The van der Waals surface area contributed by atoms with Crippen molar-refractivity contribution in [2.24, 2.45) is 0 Å². The lowest BCUT2D eigenvalue weighted by molar-refractivity contribution is -0.170. The molecule has 0 aliphatic heterocycles. The highest BCUT2D eigenvalue weighted by Gasteiger charge is 2.32. The van der Waals surface area contributed by atoms with Gasteiger partial charge in [0, 0.05) is 13.5 Å². The van der Waals surface area contributed by atoms with Gasteiger partial charge in [-0.05, 0) is 31.2 Å². The third-order valence-electron chi connectivity index (χ3n) is 4.44. The summed E-state index contributed by atoms with van der Waals surface area (Å²) in [4.78, 5) is 42.2. The maximum atomic E-state index is 12.4.